The number of ether oxygens (including phenoxy) is 1. The molecule has 25 heavy (non-hydrogen) atoms. The number of carbonyl (C=O) groups excluding carboxylic acids is 1. The number of benzene rings is 1. The van der Waals surface area contributed by atoms with E-state index in [0.717, 1.165) is 29.1 Å². The first-order valence-electron chi connectivity index (χ1n) is 7.90. The highest BCUT2D eigenvalue weighted by atomic mass is 32.1. The molecule has 0 radical (unpaired) electrons. The van der Waals surface area contributed by atoms with Crippen LogP contribution in [0.25, 0.3) is 0 Å². The molecule has 3 aromatic rings. The first-order chi connectivity index (χ1) is 12.2. The molecule has 0 unspecified atom stereocenters. The van der Waals surface area contributed by atoms with Gasteiger partial charge < -0.3 is 15.0 Å². The average Bonchev–Trinajstić information content (AvgIpc) is 3.30. The van der Waals surface area contributed by atoms with E-state index in [1.807, 2.05) is 29.2 Å². The molecule has 128 valence electrons. The topological polar surface area (TPSA) is 83.1 Å². The van der Waals surface area contributed by atoms with Crippen LogP contribution in [0.1, 0.15) is 21.7 Å². The van der Waals surface area contributed by atoms with Crippen LogP contribution in [-0.2, 0) is 13.0 Å². The van der Waals surface area contributed by atoms with E-state index in [9.17, 15) is 4.79 Å². The van der Waals surface area contributed by atoms with Crippen molar-refractivity contribution in [2.45, 2.75) is 13.0 Å². The van der Waals surface area contributed by atoms with Crippen LogP contribution in [0.3, 0.4) is 0 Å². The second-order valence-corrected chi connectivity index (χ2v) is 6.60. The summed E-state index contributed by atoms with van der Waals surface area (Å²) in [4.78, 5) is 18.9. The van der Waals surface area contributed by atoms with Crippen LogP contribution in [-0.4, -0.2) is 39.6 Å². The lowest BCUT2D eigenvalue weighted by Crippen LogP contribution is -2.35. The van der Waals surface area contributed by atoms with Gasteiger partial charge in [-0.2, -0.15) is 5.10 Å². The first-order valence-corrected chi connectivity index (χ1v) is 8.78. The predicted octanol–water partition coefficient (Wildman–Crippen LogP) is 2.82. The van der Waals surface area contributed by atoms with Crippen molar-refractivity contribution in [3.05, 3.63) is 52.8 Å². The van der Waals surface area contributed by atoms with Gasteiger partial charge in [0.2, 0.25) is 0 Å². The molecule has 1 aliphatic rings. The summed E-state index contributed by atoms with van der Waals surface area (Å²) in [6, 6.07) is 7.57. The molecule has 1 amide bonds. The maximum Gasteiger partial charge on any atom is 0.273 e. The van der Waals surface area contributed by atoms with Crippen molar-refractivity contribution in [1.82, 2.24) is 20.1 Å². The number of rotatable bonds is 4. The Morgan fingerprint density at radius 2 is 2.20 bits per heavy atom. The molecule has 1 aliphatic heterocycles. The van der Waals surface area contributed by atoms with Crippen LogP contribution in [0, 0.1) is 0 Å². The number of thiazole rings is 1. The number of hydrogen-bond acceptors (Lipinski definition) is 6. The molecular formula is C17H17N5O2S. The first kappa shape index (κ1) is 15.6. The van der Waals surface area contributed by atoms with Gasteiger partial charge in [-0.25, -0.2) is 4.98 Å². The Kier molecular flexibility index (Phi) is 4.10. The standard InChI is InChI=1S/C17H17N5O2S/c1-24-13-4-2-12(3-5-13)19-17-20-15(10-25-17)16(23)22-7-6-14-11(9-22)8-18-21-14/h2-5,8,10H,6-7,9H2,1H3,(H,18,21)(H,19,20). The van der Waals surface area contributed by atoms with Crippen LogP contribution in [0.4, 0.5) is 10.8 Å². The van der Waals surface area contributed by atoms with Crippen molar-refractivity contribution >= 4 is 28.1 Å². The Bertz CT molecular complexity index is 887. The lowest BCUT2D eigenvalue weighted by molar-refractivity contribution is 0.0729. The number of fused-ring (bicyclic) bond motifs is 1. The Labute approximate surface area is 148 Å². The summed E-state index contributed by atoms with van der Waals surface area (Å²) in [6.45, 7) is 1.25. The zero-order valence-corrected chi connectivity index (χ0v) is 14.5. The molecule has 0 bridgehead atoms. The van der Waals surface area contributed by atoms with Gasteiger partial charge in [-0.1, -0.05) is 0 Å². The fraction of sp³-hybridized carbons (Fsp3) is 0.235. The highest BCUT2D eigenvalue weighted by Crippen LogP contribution is 2.24. The van der Waals surface area contributed by atoms with E-state index in [0.29, 0.717) is 23.9 Å². The van der Waals surface area contributed by atoms with Gasteiger partial charge in [0.1, 0.15) is 11.4 Å². The van der Waals surface area contributed by atoms with Gasteiger partial charge in [-0.05, 0) is 24.3 Å². The number of carbonyl (C=O) groups is 1. The number of aromatic amines is 1. The van der Waals surface area contributed by atoms with E-state index in [1.165, 1.54) is 11.3 Å². The third kappa shape index (κ3) is 3.20. The highest BCUT2D eigenvalue weighted by molar-refractivity contribution is 7.14. The van der Waals surface area contributed by atoms with Crippen molar-refractivity contribution in [2.75, 3.05) is 19.0 Å². The van der Waals surface area contributed by atoms with Crippen LogP contribution in [0.15, 0.2) is 35.8 Å². The zero-order chi connectivity index (χ0) is 17.2. The Balaban J connectivity index is 1.44. The van der Waals surface area contributed by atoms with E-state index in [4.69, 9.17) is 4.74 Å². The number of aromatic nitrogens is 3. The Morgan fingerprint density at radius 1 is 1.36 bits per heavy atom. The van der Waals surface area contributed by atoms with Crippen molar-refractivity contribution in [3.8, 4) is 5.75 Å². The van der Waals surface area contributed by atoms with Crippen molar-refractivity contribution < 1.29 is 9.53 Å². The molecule has 0 saturated heterocycles. The molecule has 7 nitrogen and oxygen atoms in total. The van der Waals surface area contributed by atoms with Gasteiger partial charge >= 0.3 is 0 Å². The molecule has 2 aromatic heterocycles. The maximum atomic E-state index is 12.7. The van der Waals surface area contributed by atoms with E-state index < -0.39 is 0 Å². The molecular weight excluding hydrogens is 338 g/mol. The third-order valence-corrected chi connectivity index (χ3v) is 4.91. The number of anilines is 2. The van der Waals surface area contributed by atoms with Crippen LogP contribution in [0.5, 0.6) is 5.75 Å². The molecule has 0 aliphatic carbocycles. The van der Waals surface area contributed by atoms with Gasteiger partial charge in [0.05, 0.1) is 13.3 Å². The predicted molar refractivity (Wildman–Crippen MR) is 95.4 cm³/mol. The van der Waals surface area contributed by atoms with Gasteiger partial charge in [-0.15, -0.1) is 11.3 Å². The quantitative estimate of drug-likeness (QED) is 0.752. The maximum absolute atomic E-state index is 12.7. The SMILES string of the molecule is COc1ccc(Nc2nc(C(=O)N3CCc4[nH]ncc4C3)cs2)cc1. The van der Waals surface area contributed by atoms with Crippen LogP contribution in [0.2, 0.25) is 0 Å². The van der Waals surface area contributed by atoms with Gasteiger partial charge in [-0.3, -0.25) is 9.89 Å². The van der Waals surface area contributed by atoms with Gasteiger partial charge in [0, 0.05) is 41.8 Å². The summed E-state index contributed by atoms with van der Waals surface area (Å²) >= 11 is 1.41. The number of nitrogens with one attached hydrogen (secondary N) is 2. The monoisotopic (exact) mass is 355 g/mol. The van der Waals surface area contributed by atoms with Crippen LogP contribution >= 0.6 is 11.3 Å². The third-order valence-electron chi connectivity index (χ3n) is 4.15. The molecule has 3 heterocycles. The second kappa shape index (κ2) is 6.56. The van der Waals surface area contributed by atoms with Gasteiger partial charge in [0.15, 0.2) is 5.13 Å². The summed E-state index contributed by atoms with van der Waals surface area (Å²) in [6.07, 6.45) is 2.58. The van der Waals surface area contributed by atoms with E-state index in [1.54, 1.807) is 18.7 Å². The number of nitrogens with zero attached hydrogens (tertiary/aromatic N) is 3. The van der Waals surface area contributed by atoms with E-state index in [-0.39, 0.29) is 5.91 Å². The average molecular weight is 355 g/mol. The smallest absolute Gasteiger partial charge is 0.273 e. The Morgan fingerprint density at radius 3 is 3.00 bits per heavy atom. The molecule has 1 aromatic carbocycles. The lowest BCUT2D eigenvalue weighted by atomic mass is 10.1. The molecule has 0 spiro atoms. The minimum Gasteiger partial charge on any atom is -0.497 e. The molecule has 2 N–H and O–H groups in total. The largest absolute Gasteiger partial charge is 0.497 e. The lowest BCUT2D eigenvalue weighted by Gasteiger charge is -2.25. The van der Waals surface area contributed by atoms with E-state index >= 15 is 0 Å². The van der Waals surface area contributed by atoms with E-state index in [2.05, 4.69) is 20.5 Å². The summed E-state index contributed by atoms with van der Waals surface area (Å²) < 4.78 is 5.14. The number of hydrogen-bond donors (Lipinski definition) is 2. The Hall–Kier alpha value is -2.87. The number of methoxy groups -OCH3 is 1. The minimum atomic E-state index is -0.0501. The summed E-state index contributed by atoms with van der Waals surface area (Å²) in [5, 5.41) is 12.7. The number of amides is 1. The zero-order valence-electron chi connectivity index (χ0n) is 13.7. The van der Waals surface area contributed by atoms with Gasteiger partial charge in [0.25, 0.3) is 5.91 Å². The molecule has 0 fully saturated rings. The fourth-order valence-corrected chi connectivity index (χ4v) is 3.49. The summed E-state index contributed by atoms with van der Waals surface area (Å²) in [7, 11) is 1.63. The molecule has 0 saturated carbocycles. The van der Waals surface area contributed by atoms with Crippen LogP contribution < -0.4 is 10.1 Å². The van der Waals surface area contributed by atoms with Crippen molar-refractivity contribution in [3.63, 3.8) is 0 Å². The van der Waals surface area contributed by atoms with Crippen molar-refractivity contribution in [1.29, 1.82) is 0 Å². The summed E-state index contributed by atoms with van der Waals surface area (Å²) in [5.41, 5.74) is 3.55. The molecule has 4 rings (SSSR count). The highest BCUT2D eigenvalue weighted by Gasteiger charge is 2.24. The molecule has 8 heteroatoms. The normalized spacial score (nSPS) is 13.4. The fourth-order valence-electron chi connectivity index (χ4n) is 2.78. The summed E-state index contributed by atoms with van der Waals surface area (Å²) in [5.74, 6) is 0.746. The van der Waals surface area contributed by atoms with Crippen molar-refractivity contribution in [2.24, 2.45) is 0 Å². The molecule has 0 atom stereocenters. The second-order valence-electron chi connectivity index (χ2n) is 5.74. The minimum absolute atomic E-state index is 0.0501. The number of H-pyrrole nitrogens is 1.